The first-order valence-electron chi connectivity index (χ1n) is 7.45. The molecule has 1 saturated heterocycles. The third-order valence-electron chi connectivity index (χ3n) is 3.58. The zero-order valence-electron chi connectivity index (χ0n) is 13.5. The van der Waals surface area contributed by atoms with Crippen LogP contribution in [0.4, 0.5) is 5.69 Å². The zero-order valence-corrected chi connectivity index (χ0v) is 14.3. The molecule has 1 aliphatic heterocycles. The van der Waals surface area contributed by atoms with Crippen molar-refractivity contribution >= 4 is 29.9 Å². The maximum atomic E-state index is 11.8. The molecule has 128 valence electrons. The number of anilines is 1. The number of nitrogens with one attached hydrogen (secondary N) is 1. The highest BCUT2D eigenvalue weighted by Gasteiger charge is 2.21. The van der Waals surface area contributed by atoms with E-state index in [2.05, 4.69) is 5.32 Å². The second-order valence-electron chi connectivity index (χ2n) is 6.07. The van der Waals surface area contributed by atoms with E-state index in [0.717, 1.165) is 18.7 Å². The van der Waals surface area contributed by atoms with Crippen LogP contribution in [0.1, 0.15) is 26.7 Å². The molecular formula is C16H24ClN3O3. The molecule has 1 heterocycles. The highest BCUT2D eigenvalue weighted by Crippen LogP contribution is 2.23. The largest absolute Gasteiger partial charge is 0.484 e. The summed E-state index contributed by atoms with van der Waals surface area (Å²) in [5.74, 6) is 0.530. The molecule has 0 atom stereocenters. The fourth-order valence-corrected chi connectivity index (χ4v) is 2.26. The van der Waals surface area contributed by atoms with Crippen molar-refractivity contribution in [2.24, 2.45) is 5.73 Å². The van der Waals surface area contributed by atoms with Gasteiger partial charge in [-0.15, -0.1) is 12.4 Å². The standard InChI is InChI=1S/C16H23N3O3.ClH/c1-16(2,11-17)18-14(20)10-22-13-7-5-12(6-8-13)19-9-3-4-15(19)21;/h5-8H,3-4,9-11,17H2,1-2H3,(H,18,20);1H. The van der Waals surface area contributed by atoms with Crippen molar-refractivity contribution in [3.63, 3.8) is 0 Å². The molecule has 2 amide bonds. The number of benzene rings is 1. The average Bonchev–Trinajstić information content (AvgIpc) is 2.91. The van der Waals surface area contributed by atoms with E-state index in [1.807, 2.05) is 26.0 Å². The van der Waals surface area contributed by atoms with Gasteiger partial charge in [-0.25, -0.2) is 0 Å². The van der Waals surface area contributed by atoms with Gasteiger partial charge in [0.2, 0.25) is 5.91 Å². The average molecular weight is 342 g/mol. The molecule has 0 aromatic heterocycles. The first-order chi connectivity index (χ1) is 10.4. The van der Waals surface area contributed by atoms with Crippen LogP contribution in [0, 0.1) is 0 Å². The number of nitrogens with zero attached hydrogens (tertiary/aromatic N) is 1. The van der Waals surface area contributed by atoms with Crippen LogP contribution in [-0.2, 0) is 9.59 Å². The van der Waals surface area contributed by atoms with E-state index in [9.17, 15) is 9.59 Å². The molecule has 3 N–H and O–H groups in total. The Bertz CT molecular complexity index is 546. The molecule has 1 aromatic carbocycles. The Hall–Kier alpha value is -1.79. The van der Waals surface area contributed by atoms with Crippen LogP contribution in [0.25, 0.3) is 0 Å². The van der Waals surface area contributed by atoms with E-state index in [1.54, 1.807) is 17.0 Å². The van der Waals surface area contributed by atoms with Crippen molar-refractivity contribution in [2.45, 2.75) is 32.2 Å². The molecule has 6 nitrogen and oxygen atoms in total. The number of carbonyl (C=O) groups excluding carboxylic acids is 2. The number of carbonyl (C=O) groups is 2. The minimum absolute atomic E-state index is 0. The van der Waals surface area contributed by atoms with E-state index in [-0.39, 0.29) is 30.8 Å². The Morgan fingerprint density at radius 2 is 2.00 bits per heavy atom. The lowest BCUT2D eigenvalue weighted by atomic mass is 10.1. The Morgan fingerprint density at radius 3 is 2.52 bits per heavy atom. The summed E-state index contributed by atoms with van der Waals surface area (Å²) >= 11 is 0. The van der Waals surface area contributed by atoms with Crippen LogP contribution in [0.15, 0.2) is 24.3 Å². The van der Waals surface area contributed by atoms with Crippen molar-refractivity contribution in [3.05, 3.63) is 24.3 Å². The lowest BCUT2D eigenvalue weighted by molar-refractivity contribution is -0.124. The minimum Gasteiger partial charge on any atom is -0.484 e. The Kier molecular flexibility index (Phi) is 6.84. The lowest BCUT2D eigenvalue weighted by Gasteiger charge is -2.24. The third-order valence-corrected chi connectivity index (χ3v) is 3.58. The van der Waals surface area contributed by atoms with Gasteiger partial charge in [-0.1, -0.05) is 0 Å². The molecule has 0 bridgehead atoms. The van der Waals surface area contributed by atoms with E-state index >= 15 is 0 Å². The summed E-state index contributed by atoms with van der Waals surface area (Å²) in [6, 6.07) is 7.20. The highest BCUT2D eigenvalue weighted by molar-refractivity contribution is 5.95. The number of hydrogen-bond donors (Lipinski definition) is 2. The normalized spacial score (nSPS) is 14.4. The van der Waals surface area contributed by atoms with Crippen LogP contribution in [-0.4, -0.2) is 37.0 Å². The van der Waals surface area contributed by atoms with Gasteiger partial charge in [-0.2, -0.15) is 0 Å². The monoisotopic (exact) mass is 341 g/mol. The molecule has 2 rings (SSSR count). The van der Waals surface area contributed by atoms with Gasteiger partial charge >= 0.3 is 0 Å². The summed E-state index contributed by atoms with van der Waals surface area (Å²) in [5, 5.41) is 2.80. The van der Waals surface area contributed by atoms with Crippen molar-refractivity contribution in [3.8, 4) is 5.75 Å². The summed E-state index contributed by atoms with van der Waals surface area (Å²) in [6.07, 6.45) is 1.50. The molecule has 0 unspecified atom stereocenters. The Morgan fingerprint density at radius 1 is 1.35 bits per heavy atom. The topological polar surface area (TPSA) is 84.7 Å². The van der Waals surface area contributed by atoms with Gasteiger partial charge in [-0.05, 0) is 44.5 Å². The number of nitrogens with two attached hydrogens (primary N) is 1. The van der Waals surface area contributed by atoms with E-state index in [4.69, 9.17) is 10.5 Å². The van der Waals surface area contributed by atoms with Crippen molar-refractivity contribution < 1.29 is 14.3 Å². The van der Waals surface area contributed by atoms with Gasteiger partial charge in [-0.3, -0.25) is 9.59 Å². The first-order valence-corrected chi connectivity index (χ1v) is 7.45. The predicted octanol–water partition coefficient (Wildman–Crippen LogP) is 1.47. The van der Waals surface area contributed by atoms with Crippen LogP contribution in [0.2, 0.25) is 0 Å². The molecule has 23 heavy (non-hydrogen) atoms. The first kappa shape index (κ1) is 19.3. The van der Waals surface area contributed by atoms with E-state index in [1.165, 1.54) is 0 Å². The summed E-state index contributed by atoms with van der Waals surface area (Å²) in [7, 11) is 0. The number of amides is 2. The molecule has 7 heteroatoms. The maximum absolute atomic E-state index is 11.8. The molecule has 0 aliphatic carbocycles. The summed E-state index contributed by atoms with van der Waals surface area (Å²) in [5.41, 5.74) is 5.98. The number of rotatable bonds is 6. The van der Waals surface area contributed by atoms with E-state index in [0.29, 0.717) is 18.7 Å². The molecule has 0 spiro atoms. The van der Waals surface area contributed by atoms with Gasteiger partial charge in [0.15, 0.2) is 6.61 Å². The van der Waals surface area contributed by atoms with E-state index < -0.39 is 5.54 Å². The van der Waals surface area contributed by atoms with Gasteiger partial charge in [0.25, 0.3) is 5.91 Å². The summed E-state index contributed by atoms with van der Waals surface area (Å²) in [6.45, 7) is 4.76. The highest BCUT2D eigenvalue weighted by atomic mass is 35.5. The van der Waals surface area contributed by atoms with Crippen LogP contribution >= 0.6 is 12.4 Å². The summed E-state index contributed by atoms with van der Waals surface area (Å²) in [4.78, 5) is 25.2. The van der Waals surface area contributed by atoms with Crippen molar-refractivity contribution in [2.75, 3.05) is 24.6 Å². The molecule has 0 radical (unpaired) electrons. The van der Waals surface area contributed by atoms with Gasteiger partial charge in [0, 0.05) is 30.7 Å². The SMILES string of the molecule is CC(C)(CN)NC(=O)COc1ccc(N2CCCC2=O)cc1.Cl. The van der Waals surface area contributed by atoms with Crippen LogP contribution in [0.3, 0.4) is 0 Å². The Balaban J connectivity index is 0.00000264. The lowest BCUT2D eigenvalue weighted by Crippen LogP contribution is -2.50. The van der Waals surface area contributed by atoms with Gasteiger partial charge in [0.1, 0.15) is 5.75 Å². The second kappa shape index (κ2) is 8.17. The quantitative estimate of drug-likeness (QED) is 0.820. The molecule has 1 aliphatic rings. The molecule has 1 fully saturated rings. The third kappa shape index (κ3) is 5.41. The summed E-state index contributed by atoms with van der Waals surface area (Å²) < 4.78 is 5.45. The smallest absolute Gasteiger partial charge is 0.258 e. The number of ether oxygens (including phenoxy) is 1. The van der Waals surface area contributed by atoms with Gasteiger partial charge in [0.05, 0.1) is 0 Å². The maximum Gasteiger partial charge on any atom is 0.258 e. The number of halogens is 1. The fraction of sp³-hybridized carbons (Fsp3) is 0.500. The Labute approximate surface area is 142 Å². The second-order valence-corrected chi connectivity index (χ2v) is 6.07. The van der Waals surface area contributed by atoms with Crippen molar-refractivity contribution in [1.29, 1.82) is 0 Å². The van der Waals surface area contributed by atoms with Crippen molar-refractivity contribution in [1.82, 2.24) is 5.32 Å². The molecule has 0 saturated carbocycles. The van der Waals surface area contributed by atoms with Crippen LogP contribution in [0.5, 0.6) is 5.75 Å². The van der Waals surface area contributed by atoms with Gasteiger partial charge < -0.3 is 20.7 Å². The minimum atomic E-state index is -0.444. The predicted molar refractivity (Wildman–Crippen MR) is 92.0 cm³/mol. The number of hydrogen-bond acceptors (Lipinski definition) is 4. The molecule has 1 aromatic rings. The van der Waals surface area contributed by atoms with Crippen LogP contribution < -0.4 is 20.7 Å². The molecular weight excluding hydrogens is 318 g/mol. The zero-order chi connectivity index (χ0) is 16.2. The fourth-order valence-electron chi connectivity index (χ4n) is 2.26.